The molecule has 9 heteroatoms. The number of anilines is 1. The molecule has 0 bridgehead atoms. The lowest BCUT2D eigenvalue weighted by atomic mass is 10.1. The zero-order chi connectivity index (χ0) is 20.4. The number of hydrogen-bond donors (Lipinski definition) is 0. The highest BCUT2D eigenvalue weighted by molar-refractivity contribution is 6.08. The summed E-state index contributed by atoms with van der Waals surface area (Å²) >= 11 is 0. The van der Waals surface area contributed by atoms with Crippen LogP contribution in [0.15, 0.2) is 48.5 Å². The highest BCUT2D eigenvalue weighted by Gasteiger charge is 2.36. The Hall–Kier alpha value is -3.46. The van der Waals surface area contributed by atoms with E-state index in [-0.39, 0.29) is 23.7 Å². The second-order valence-corrected chi connectivity index (χ2v) is 6.74. The molecule has 2 aromatic carbocycles. The number of para-hydroxylation sites is 2. The van der Waals surface area contributed by atoms with E-state index in [0.717, 1.165) is 0 Å². The summed E-state index contributed by atoms with van der Waals surface area (Å²) in [7, 11) is 0. The van der Waals surface area contributed by atoms with Crippen LogP contribution in [0.25, 0.3) is 0 Å². The summed E-state index contributed by atoms with van der Waals surface area (Å²) in [5.74, 6) is -0.215. The highest BCUT2D eigenvalue weighted by atomic mass is 16.6. The van der Waals surface area contributed by atoms with Crippen molar-refractivity contribution in [3.8, 4) is 5.75 Å². The quantitative estimate of drug-likeness (QED) is 0.579. The lowest BCUT2D eigenvalue weighted by Crippen LogP contribution is -2.54. The molecular formula is C20H19N3O6. The number of rotatable bonds is 3. The van der Waals surface area contributed by atoms with Crippen molar-refractivity contribution in [3.05, 3.63) is 64.2 Å². The Morgan fingerprint density at radius 1 is 1.07 bits per heavy atom. The minimum atomic E-state index is -0.856. The van der Waals surface area contributed by atoms with Gasteiger partial charge >= 0.3 is 0 Å². The van der Waals surface area contributed by atoms with Crippen LogP contribution >= 0.6 is 0 Å². The van der Waals surface area contributed by atoms with Gasteiger partial charge in [0.1, 0.15) is 5.75 Å². The molecule has 2 aliphatic rings. The molecule has 2 amide bonds. The summed E-state index contributed by atoms with van der Waals surface area (Å²) in [4.78, 5) is 39.7. The summed E-state index contributed by atoms with van der Waals surface area (Å²) < 4.78 is 11.2. The van der Waals surface area contributed by atoms with Gasteiger partial charge in [-0.2, -0.15) is 0 Å². The number of nitrogens with zero attached hydrogens (tertiary/aromatic N) is 3. The summed E-state index contributed by atoms with van der Waals surface area (Å²) in [6.07, 6.45) is -0.856. The number of carbonyl (C=O) groups is 2. The third kappa shape index (κ3) is 3.77. The Labute approximate surface area is 166 Å². The molecule has 0 radical (unpaired) electrons. The number of benzene rings is 2. The molecule has 0 aliphatic carbocycles. The summed E-state index contributed by atoms with van der Waals surface area (Å²) in [5.41, 5.74) is 0.529. The highest BCUT2D eigenvalue weighted by Crippen LogP contribution is 2.34. The van der Waals surface area contributed by atoms with Crippen LogP contribution in [0.4, 0.5) is 11.4 Å². The van der Waals surface area contributed by atoms with Gasteiger partial charge in [-0.1, -0.05) is 18.2 Å². The van der Waals surface area contributed by atoms with E-state index >= 15 is 0 Å². The van der Waals surface area contributed by atoms with Gasteiger partial charge in [0, 0.05) is 30.8 Å². The zero-order valence-electron chi connectivity index (χ0n) is 15.5. The first kappa shape index (κ1) is 18.9. The summed E-state index contributed by atoms with van der Waals surface area (Å²) in [6.45, 7) is 1.89. The third-order valence-corrected chi connectivity index (χ3v) is 4.92. The van der Waals surface area contributed by atoms with Gasteiger partial charge in [-0.3, -0.25) is 19.7 Å². The number of amides is 2. The Morgan fingerprint density at radius 2 is 1.83 bits per heavy atom. The number of nitro benzene ring substituents is 1. The molecule has 0 aromatic heterocycles. The fourth-order valence-corrected chi connectivity index (χ4v) is 3.45. The Balaban J connectivity index is 1.64. The fraction of sp³-hybridized carbons (Fsp3) is 0.300. The van der Waals surface area contributed by atoms with Crippen molar-refractivity contribution in [1.29, 1.82) is 0 Å². The van der Waals surface area contributed by atoms with Gasteiger partial charge in [-0.25, -0.2) is 0 Å². The minimum absolute atomic E-state index is 0.0225. The normalized spacial score (nSPS) is 18.6. The van der Waals surface area contributed by atoms with Crippen molar-refractivity contribution in [3.63, 3.8) is 0 Å². The topological polar surface area (TPSA) is 102 Å². The lowest BCUT2D eigenvalue weighted by Gasteiger charge is -2.37. The van der Waals surface area contributed by atoms with Crippen LogP contribution in [0.3, 0.4) is 0 Å². The lowest BCUT2D eigenvalue weighted by molar-refractivity contribution is -0.384. The number of morpholine rings is 1. The van der Waals surface area contributed by atoms with E-state index in [1.54, 1.807) is 29.2 Å². The molecule has 0 saturated carbocycles. The van der Waals surface area contributed by atoms with E-state index < -0.39 is 16.9 Å². The Bertz CT molecular complexity index is 957. The minimum Gasteiger partial charge on any atom is -0.476 e. The summed E-state index contributed by atoms with van der Waals surface area (Å²) in [6, 6.07) is 12.5. The van der Waals surface area contributed by atoms with E-state index in [1.165, 1.54) is 29.2 Å². The number of ether oxygens (including phenoxy) is 2. The molecule has 2 aromatic rings. The molecule has 1 fully saturated rings. The maximum Gasteiger partial charge on any atom is 0.270 e. The van der Waals surface area contributed by atoms with Crippen LogP contribution in [0.5, 0.6) is 5.75 Å². The predicted octanol–water partition coefficient (Wildman–Crippen LogP) is 1.86. The molecule has 0 spiro atoms. The van der Waals surface area contributed by atoms with E-state index in [4.69, 9.17) is 9.47 Å². The Kier molecular flexibility index (Phi) is 5.13. The van der Waals surface area contributed by atoms with Gasteiger partial charge in [0.15, 0.2) is 6.10 Å². The molecule has 2 heterocycles. The van der Waals surface area contributed by atoms with Gasteiger partial charge in [-0.05, 0) is 18.2 Å². The van der Waals surface area contributed by atoms with E-state index in [2.05, 4.69) is 0 Å². The second-order valence-electron chi connectivity index (χ2n) is 6.74. The number of fused-ring (bicyclic) bond motifs is 1. The molecule has 2 aliphatic heterocycles. The molecular weight excluding hydrogens is 378 g/mol. The molecule has 1 unspecified atom stereocenters. The maximum atomic E-state index is 13.2. The van der Waals surface area contributed by atoms with Crippen molar-refractivity contribution in [2.45, 2.75) is 6.10 Å². The van der Waals surface area contributed by atoms with Gasteiger partial charge in [0.05, 0.1) is 30.4 Å². The van der Waals surface area contributed by atoms with Gasteiger partial charge < -0.3 is 19.3 Å². The second kappa shape index (κ2) is 7.88. The average Bonchev–Trinajstić information content (AvgIpc) is 2.78. The molecule has 150 valence electrons. The monoisotopic (exact) mass is 397 g/mol. The van der Waals surface area contributed by atoms with Crippen LogP contribution in [-0.4, -0.2) is 60.6 Å². The fourth-order valence-electron chi connectivity index (χ4n) is 3.45. The van der Waals surface area contributed by atoms with Gasteiger partial charge in [0.25, 0.3) is 17.5 Å². The smallest absolute Gasteiger partial charge is 0.270 e. The number of hydrogen-bond acceptors (Lipinski definition) is 6. The predicted molar refractivity (Wildman–Crippen MR) is 103 cm³/mol. The van der Waals surface area contributed by atoms with E-state index in [1.807, 2.05) is 0 Å². The molecule has 29 heavy (non-hydrogen) atoms. The first-order valence-electron chi connectivity index (χ1n) is 9.23. The van der Waals surface area contributed by atoms with Crippen LogP contribution < -0.4 is 9.64 Å². The molecule has 4 rings (SSSR count). The SMILES string of the molecule is O=C(C1CN(C(=O)c2cccc([N+](=O)[O-])c2)c2ccccc2O1)N1CCOCC1. The van der Waals surface area contributed by atoms with E-state index in [0.29, 0.717) is 37.7 Å². The van der Waals surface area contributed by atoms with Gasteiger partial charge in [0.2, 0.25) is 0 Å². The van der Waals surface area contributed by atoms with Crippen LogP contribution in [0, 0.1) is 10.1 Å². The number of non-ortho nitro benzene ring substituents is 1. The van der Waals surface area contributed by atoms with Gasteiger partial charge in [-0.15, -0.1) is 0 Å². The van der Waals surface area contributed by atoms with Crippen molar-refractivity contribution >= 4 is 23.2 Å². The Morgan fingerprint density at radius 3 is 2.59 bits per heavy atom. The molecule has 1 atom stereocenters. The largest absolute Gasteiger partial charge is 0.476 e. The average molecular weight is 397 g/mol. The van der Waals surface area contributed by atoms with Crippen LogP contribution in [0.1, 0.15) is 10.4 Å². The van der Waals surface area contributed by atoms with Crippen molar-refractivity contribution in [1.82, 2.24) is 4.90 Å². The van der Waals surface area contributed by atoms with Crippen molar-refractivity contribution < 1.29 is 24.0 Å². The number of carbonyl (C=O) groups excluding carboxylic acids is 2. The first-order chi connectivity index (χ1) is 14.0. The molecule has 1 saturated heterocycles. The van der Waals surface area contributed by atoms with Crippen molar-refractivity contribution in [2.75, 3.05) is 37.7 Å². The first-order valence-corrected chi connectivity index (χ1v) is 9.23. The van der Waals surface area contributed by atoms with Crippen molar-refractivity contribution in [2.24, 2.45) is 0 Å². The van der Waals surface area contributed by atoms with Crippen LogP contribution in [0.2, 0.25) is 0 Å². The summed E-state index contributed by atoms with van der Waals surface area (Å²) in [5, 5.41) is 11.1. The van der Waals surface area contributed by atoms with E-state index in [9.17, 15) is 19.7 Å². The standard InChI is InChI=1S/C20H19N3O6/c24-19(14-4-3-5-15(12-14)23(26)27)22-13-18(20(25)21-8-10-28-11-9-21)29-17-7-2-1-6-16(17)22/h1-7,12,18H,8-11,13H2. The molecule has 9 nitrogen and oxygen atoms in total. The van der Waals surface area contributed by atoms with Crippen LogP contribution in [-0.2, 0) is 9.53 Å². The molecule has 0 N–H and O–H groups in total. The maximum absolute atomic E-state index is 13.2. The zero-order valence-corrected chi connectivity index (χ0v) is 15.5. The number of nitro groups is 1. The third-order valence-electron chi connectivity index (χ3n) is 4.92.